The summed E-state index contributed by atoms with van der Waals surface area (Å²) < 4.78 is 60.4. The van der Waals surface area contributed by atoms with Gasteiger partial charge in [-0.2, -0.15) is 8.42 Å². The molecule has 2 fully saturated rings. The fraction of sp³-hybridized carbons (Fsp3) is 0.245. The molecule has 40 heteroatoms. The average Bonchev–Trinajstić information content (AvgIpc) is 1.54. The van der Waals surface area contributed by atoms with Gasteiger partial charge >= 0.3 is 0 Å². The molecule has 2 unspecified atom stereocenters. The van der Waals surface area contributed by atoms with E-state index < -0.39 is 67.5 Å². The molecule has 0 bridgehead atoms. The van der Waals surface area contributed by atoms with Crippen molar-refractivity contribution in [2.75, 3.05) is 45.6 Å². The van der Waals surface area contributed by atoms with E-state index in [1.54, 1.807) is 99.0 Å². The maximum absolute atomic E-state index is 13.5. The Labute approximate surface area is 890 Å². The highest BCUT2D eigenvalue weighted by atomic mass is 35.5. The molecule has 4 aromatic heterocycles. The largest absolute Gasteiger partial charge is 0.503 e. The Hall–Kier alpha value is -12.3. The van der Waals surface area contributed by atoms with Crippen LogP contribution in [0.5, 0.6) is 23.0 Å². The molecule has 0 radical (unpaired) electrons. The highest BCUT2D eigenvalue weighted by Gasteiger charge is 2.45. The maximum atomic E-state index is 13.5. The van der Waals surface area contributed by atoms with E-state index in [4.69, 9.17) is 144 Å². The number of piperidine rings is 1. The predicted molar refractivity (Wildman–Crippen MR) is 563 cm³/mol. The number of hydrogen-bond acceptors (Lipinski definition) is 21. The van der Waals surface area contributed by atoms with Crippen LogP contribution in [0.4, 0.5) is 0 Å². The lowest BCUT2D eigenvalue weighted by atomic mass is 9.96. The monoisotopic (exact) mass is 2200 g/mol. The molecule has 7 heterocycles. The van der Waals surface area contributed by atoms with Crippen molar-refractivity contribution in [1.29, 1.82) is 0 Å². The fourth-order valence-corrected chi connectivity index (χ4v) is 17.4. The van der Waals surface area contributed by atoms with Crippen LogP contribution in [0.25, 0.3) is 0 Å². The number of aliphatic hydroxyl groups excluding tert-OH is 1. The molecule has 0 aliphatic carbocycles. The predicted octanol–water partition coefficient (Wildman–Crippen LogP) is 19.4. The zero-order chi connectivity index (χ0) is 105. The number of nitrogens with zero attached hydrogens (tertiary/aromatic N) is 6. The van der Waals surface area contributed by atoms with Gasteiger partial charge in [0.1, 0.15) is 32.0 Å². The lowest BCUT2D eigenvalue weighted by Gasteiger charge is -2.38. The minimum absolute atomic E-state index is 0.00285. The summed E-state index contributed by atoms with van der Waals surface area (Å²) in [7, 11) is -3.59. The number of aryl methyl sites for hydroxylation is 3. The van der Waals surface area contributed by atoms with Gasteiger partial charge in [0, 0.05) is 134 Å². The van der Waals surface area contributed by atoms with Crippen LogP contribution in [0, 0.1) is 0 Å². The highest BCUT2D eigenvalue weighted by molar-refractivity contribution is 7.86. The number of nitrogens with one attached hydrogen (secondary N) is 3. The van der Waals surface area contributed by atoms with E-state index in [2.05, 4.69) is 20.9 Å². The molecule has 16 rings (SSSR count). The number of carbonyl (C=O) groups excluding carboxylic acids is 6. The fourth-order valence-electron chi connectivity index (χ4n) is 15.4. The van der Waals surface area contributed by atoms with E-state index in [0.29, 0.717) is 121 Å². The van der Waals surface area contributed by atoms with Crippen LogP contribution in [0.3, 0.4) is 0 Å². The zero-order valence-corrected chi connectivity index (χ0v) is 86.7. The number of fused-ring (bicyclic) bond motifs is 2. The third-order valence-corrected chi connectivity index (χ3v) is 26.9. The number of Topliss-reactive ketones (excluding diaryl/α,β-unsaturated/α-hetero) is 1. The first-order chi connectivity index (χ1) is 70.2. The Bertz CT molecular complexity index is 7140. The summed E-state index contributed by atoms with van der Waals surface area (Å²) in [5, 5.41) is 31.6. The van der Waals surface area contributed by atoms with Gasteiger partial charge in [0.2, 0.25) is 39.1 Å². The third kappa shape index (κ3) is 32.8. The number of amides is 5. The van der Waals surface area contributed by atoms with Gasteiger partial charge in [-0.05, 0) is 136 Å². The van der Waals surface area contributed by atoms with Crippen molar-refractivity contribution < 1.29 is 74.9 Å². The van der Waals surface area contributed by atoms with Crippen molar-refractivity contribution >= 4 is 161 Å². The summed E-state index contributed by atoms with van der Waals surface area (Å²) in [5.41, 5.74) is 5.84. The number of pyridine rings is 3. The second-order valence-electron chi connectivity index (χ2n) is 33.3. The van der Waals surface area contributed by atoms with Crippen LogP contribution < -0.4 is 51.9 Å². The number of aromatic hydroxyl groups is 1. The molecular weight excluding hydrogens is 2110 g/mol. The van der Waals surface area contributed by atoms with Crippen LogP contribution in [-0.2, 0) is 107 Å². The topological polar surface area (TPSA) is 365 Å². The molecule has 3 aliphatic heterocycles. The van der Waals surface area contributed by atoms with Gasteiger partial charge in [0.15, 0.2) is 40.1 Å². The molecule has 764 valence electrons. The van der Waals surface area contributed by atoms with E-state index in [9.17, 15) is 66.6 Å². The second kappa shape index (κ2) is 55.5. The minimum atomic E-state index is -3.59. The van der Waals surface area contributed by atoms with Crippen LogP contribution >= 0.6 is 116 Å². The normalized spacial score (nSPS) is 13.8. The lowest BCUT2D eigenvalue weighted by molar-refractivity contribution is -0.155. The summed E-state index contributed by atoms with van der Waals surface area (Å²) in [5.74, 6) is -2.97. The smallest absolute Gasteiger partial charge is 0.291 e. The standard InChI is InChI=1S/C24H24Cl2N2O6S.C23H22Cl2N2O4.C23H24Cl2N2O3.C20H15Cl2NO4.C16H14Cl2N2O3/c1-35(31,32)34-13-5-11-28-12-10-21(29)23(33-16-17-6-3-2-4-7-17)22(28)24(30)27-15-18-8-9-19(25)20(26)14-18;24-18-8-7-17(13-19(18)25)14-26-23(30)21-22(31-15-16-5-2-1-3-6-16)20(29)9-11-27(21)10-4-12-28;24-18-8-7-17(13-19(18)25)14-27-11-4-10-26-12-9-20(28)22(21(26)23(27)29)30-15-16-5-2-1-3-6-16;21-15-7-6-14(10-16(15)22)11-23-20(25)19-18(17(24)8-9-26-19)27-12-13-4-2-1-3-5-13;17-11-3-2-10(8-12(11)18)9-20-6-1-5-19-7-4-13(21)15(22)14(19)16(20)23/h2-4,6-10,12,14H,5,11,13,15-16H2,1H3,(H,27,30);1-3,5-9,11,13,28H,4,10,12,14-15H2,(H,26,30);1-3,5-8,13,21-22H,4,9-12,14-15H2;1-10H,11-12H2,(H,23,25);2-4,7-8,22H,1,5-6,9H2. The average molecular weight is 2210 g/mol. The Morgan fingerprint density at radius 1 is 0.418 bits per heavy atom. The second-order valence-corrected chi connectivity index (χ2v) is 39.0. The van der Waals surface area contributed by atoms with Crippen LogP contribution in [0.2, 0.25) is 50.2 Å². The first-order valence-corrected chi connectivity index (χ1v) is 51.3. The molecule has 2 atom stereocenters. The number of aromatic nitrogens is 3. The van der Waals surface area contributed by atoms with E-state index >= 15 is 0 Å². The van der Waals surface area contributed by atoms with E-state index in [-0.39, 0.29) is 123 Å². The van der Waals surface area contributed by atoms with E-state index in [1.165, 1.54) is 47.4 Å². The minimum Gasteiger partial charge on any atom is -0.503 e. The summed E-state index contributed by atoms with van der Waals surface area (Å²) in [6.45, 7) is 5.49. The Morgan fingerprint density at radius 3 is 1.25 bits per heavy atom. The lowest BCUT2D eigenvalue weighted by Crippen LogP contribution is -2.59. The molecule has 2 saturated heterocycles. The number of ether oxygens (including phenoxy) is 4. The number of aliphatic hydroxyl groups is 1. The summed E-state index contributed by atoms with van der Waals surface area (Å²) >= 11 is 59.9. The third-order valence-electron chi connectivity index (χ3n) is 22.7. The van der Waals surface area contributed by atoms with Crippen LogP contribution in [0.15, 0.2) is 285 Å². The summed E-state index contributed by atoms with van der Waals surface area (Å²) in [6, 6.07) is 67.8. The number of ketones is 1. The van der Waals surface area contributed by atoms with Gasteiger partial charge in [0.05, 0.1) is 76.0 Å². The van der Waals surface area contributed by atoms with Gasteiger partial charge in [-0.15, -0.1) is 0 Å². The van der Waals surface area contributed by atoms with Crippen LogP contribution in [0.1, 0.15) is 124 Å². The van der Waals surface area contributed by atoms with Gasteiger partial charge < -0.3 is 73.0 Å². The molecular formula is C106H99Cl10N9O20S. The summed E-state index contributed by atoms with van der Waals surface area (Å²) in [4.78, 5) is 132. The van der Waals surface area contributed by atoms with E-state index in [0.717, 1.165) is 76.4 Å². The Kier molecular flexibility index (Phi) is 42.7. The SMILES string of the molecule is CS(=O)(=O)OCCCn1ccc(=O)c(OCc2ccccc2)c1C(=O)NCc1ccc(Cl)c(Cl)c1.O=C(NCc1ccc(Cl)c(Cl)c1)c1c(OCc2ccccc2)c(=O)ccn1CCCO.O=C(NCc1ccc(Cl)c(Cl)c1)c1occc(=O)c1OCc1ccccc1.O=C1CCN2CCCN(Cc3ccc(Cl)c(Cl)c3)C(=O)C2C1OCc1ccccc1.O=C1c2c(O)c(=O)ccn2CCCN1Cc1ccc(Cl)c(Cl)c1. The molecule has 0 spiro atoms. The van der Waals surface area contributed by atoms with Gasteiger partial charge in [-0.3, -0.25) is 57.0 Å². The first-order valence-electron chi connectivity index (χ1n) is 45.7. The molecule has 29 nitrogen and oxygen atoms in total. The Balaban J connectivity index is 0.000000163. The first kappa shape index (κ1) is 112. The summed E-state index contributed by atoms with van der Waals surface area (Å²) in [6.07, 6.45) is 8.60. The Morgan fingerprint density at radius 2 is 0.808 bits per heavy atom. The number of rotatable bonds is 33. The molecule has 13 aromatic rings. The molecule has 0 saturated carbocycles. The van der Waals surface area contributed by atoms with Crippen molar-refractivity contribution in [3.8, 4) is 23.0 Å². The molecule has 9 aromatic carbocycles. The number of benzene rings is 9. The number of carbonyl (C=O) groups is 6. The van der Waals surface area contributed by atoms with Crippen molar-refractivity contribution in [3.05, 3.63) is 425 Å². The molecule has 3 aliphatic rings. The van der Waals surface area contributed by atoms with Crippen molar-refractivity contribution in [3.63, 3.8) is 0 Å². The van der Waals surface area contributed by atoms with Crippen molar-refractivity contribution in [1.82, 2.24) is 44.4 Å². The zero-order valence-electron chi connectivity index (χ0n) is 78.4. The van der Waals surface area contributed by atoms with Crippen molar-refractivity contribution in [2.45, 2.75) is 123 Å². The molecule has 5 N–H and O–H groups in total. The molecule has 5 amide bonds. The molecule has 146 heavy (non-hydrogen) atoms. The number of hydrogen-bond donors (Lipinski definition) is 5. The van der Waals surface area contributed by atoms with Gasteiger partial charge in [-0.1, -0.05) is 268 Å². The quantitative estimate of drug-likeness (QED) is 0.0188. The van der Waals surface area contributed by atoms with Crippen molar-refractivity contribution in [2.24, 2.45) is 0 Å². The number of halogens is 10. The van der Waals surface area contributed by atoms with Crippen LogP contribution in [-0.4, -0.2) is 140 Å². The highest BCUT2D eigenvalue weighted by Crippen LogP contribution is 2.33. The van der Waals surface area contributed by atoms with Gasteiger partial charge in [0.25, 0.3) is 33.7 Å². The van der Waals surface area contributed by atoms with E-state index in [1.807, 2.05) is 132 Å². The van der Waals surface area contributed by atoms with Gasteiger partial charge in [-0.25, -0.2) is 0 Å². The maximum Gasteiger partial charge on any atom is 0.291 e.